The molecule has 2 rings (SSSR count). The van der Waals surface area contributed by atoms with Gasteiger partial charge in [-0.05, 0) is 31.9 Å². The van der Waals surface area contributed by atoms with Crippen molar-refractivity contribution in [1.29, 1.82) is 0 Å². The van der Waals surface area contributed by atoms with E-state index in [1.807, 2.05) is 6.92 Å². The summed E-state index contributed by atoms with van der Waals surface area (Å²) in [5.41, 5.74) is 0. The highest BCUT2D eigenvalue weighted by molar-refractivity contribution is 5.84. The molecule has 1 aliphatic carbocycles. The zero-order valence-corrected chi connectivity index (χ0v) is 11.5. The Morgan fingerprint density at radius 3 is 2.47 bits per heavy atom. The summed E-state index contributed by atoms with van der Waals surface area (Å²) in [6.45, 7) is 2.03. The van der Waals surface area contributed by atoms with Gasteiger partial charge in [0.1, 0.15) is 5.76 Å². The Bertz CT molecular complexity index is 405. The number of carboxylic acids is 1. The quantitative estimate of drug-likeness (QED) is 0.870. The standard InChI is InChI=1S/C15H23NO3/c1-11(13-9-10-14(19-13)15(17)18)16-12-7-5-3-2-4-6-8-12/h9-12,16H,2-8H2,1H3,(H,17,18). The highest BCUT2D eigenvalue weighted by Crippen LogP contribution is 2.22. The van der Waals surface area contributed by atoms with Gasteiger partial charge in [0, 0.05) is 6.04 Å². The van der Waals surface area contributed by atoms with Crippen LogP contribution in [0, 0.1) is 0 Å². The van der Waals surface area contributed by atoms with Gasteiger partial charge in [0.15, 0.2) is 0 Å². The minimum absolute atomic E-state index is 0.0151. The van der Waals surface area contributed by atoms with Gasteiger partial charge < -0.3 is 14.8 Å². The van der Waals surface area contributed by atoms with Gasteiger partial charge >= 0.3 is 5.97 Å². The van der Waals surface area contributed by atoms with Crippen molar-refractivity contribution in [3.05, 3.63) is 23.7 Å². The molecule has 4 heteroatoms. The second-order valence-electron chi connectivity index (χ2n) is 5.44. The molecule has 106 valence electrons. The van der Waals surface area contributed by atoms with E-state index in [0.29, 0.717) is 11.8 Å². The summed E-state index contributed by atoms with van der Waals surface area (Å²) in [4.78, 5) is 10.8. The van der Waals surface area contributed by atoms with Gasteiger partial charge in [0.05, 0.1) is 6.04 Å². The Balaban J connectivity index is 1.90. The molecule has 1 fully saturated rings. The fourth-order valence-electron chi connectivity index (χ4n) is 2.76. The predicted molar refractivity (Wildman–Crippen MR) is 73.3 cm³/mol. The fraction of sp³-hybridized carbons (Fsp3) is 0.667. The van der Waals surface area contributed by atoms with E-state index in [1.54, 1.807) is 6.07 Å². The first kappa shape index (κ1) is 14.1. The molecule has 0 aliphatic heterocycles. The Morgan fingerprint density at radius 1 is 1.26 bits per heavy atom. The highest BCUT2D eigenvalue weighted by Gasteiger charge is 2.18. The Kier molecular flexibility index (Phi) is 5.02. The normalized spacial score (nSPS) is 19.6. The summed E-state index contributed by atoms with van der Waals surface area (Å²) < 4.78 is 5.34. The lowest BCUT2D eigenvalue weighted by Crippen LogP contribution is -2.31. The summed E-state index contributed by atoms with van der Waals surface area (Å²) in [7, 11) is 0. The van der Waals surface area contributed by atoms with Gasteiger partial charge in [-0.2, -0.15) is 0 Å². The largest absolute Gasteiger partial charge is 0.475 e. The summed E-state index contributed by atoms with van der Waals surface area (Å²) in [6.07, 6.45) is 8.99. The molecule has 0 radical (unpaired) electrons. The van der Waals surface area contributed by atoms with Crippen LogP contribution in [0.4, 0.5) is 0 Å². The van der Waals surface area contributed by atoms with E-state index in [-0.39, 0.29) is 11.8 Å². The minimum Gasteiger partial charge on any atom is -0.475 e. The first-order chi connectivity index (χ1) is 9.16. The number of aromatic carboxylic acids is 1. The SMILES string of the molecule is CC(NC1CCCCCCC1)c1ccc(C(=O)O)o1. The van der Waals surface area contributed by atoms with Crippen LogP contribution in [-0.2, 0) is 0 Å². The van der Waals surface area contributed by atoms with Crippen molar-refractivity contribution < 1.29 is 14.3 Å². The van der Waals surface area contributed by atoms with Gasteiger partial charge in [-0.3, -0.25) is 0 Å². The second-order valence-corrected chi connectivity index (χ2v) is 5.44. The second kappa shape index (κ2) is 6.75. The molecule has 4 nitrogen and oxygen atoms in total. The molecule has 1 unspecified atom stereocenters. The number of carboxylic acid groups (broad SMARTS) is 1. The van der Waals surface area contributed by atoms with E-state index >= 15 is 0 Å². The lowest BCUT2D eigenvalue weighted by Gasteiger charge is -2.24. The lowest BCUT2D eigenvalue weighted by atomic mass is 9.96. The monoisotopic (exact) mass is 265 g/mol. The Labute approximate surface area is 114 Å². The van der Waals surface area contributed by atoms with Gasteiger partial charge in [-0.15, -0.1) is 0 Å². The van der Waals surface area contributed by atoms with Crippen molar-refractivity contribution >= 4 is 5.97 Å². The van der Waals surface area contributed by atoms with Gasteiger partial charge in [-0.25, -0.2) is 4.79 Å². The minimum atomic E-state index is -1.01. The van der Waals surface area contributed by atoms with Crippen LogP contribution in [0.2, 0.25) is 0 Å². The van der Waals surface area contributed by atoms with Gasteiger partial charge in [0.2, 0.25) is 5.76 Å². The van der Waals surface area contributed by atoms with Crippen molar-refractivity contribution in [2.75, 3.05) is 0 Å². The number of hydrogen-bond acceptors (Lipinski definition) is 3. The highest BCUT2D eigenvalue weighted by atomic mass is 16.4. The van der Waals surface area contributed by atoms with E-state index in [4.69, 9.17) is 9.52 Å². The Hall–Kier alpha value is -1.29. The molecule has 0 amide bonds. The number of nitrogens with one attached hydrogen (secondary N) is 1. The number of furan rings is 1. The topological polar surface area (TPSA) is 62.5 Å². The van der Waals surface area contributed by atoms with Crippen molar-refractivity contribution in [1.82, 2.24) is 5.32 Å². The van der Waals surface area contributed by atoms with Crippen molar-refractivity contribution in [2.24, 2.45) is 0 Å². The van der Waals surface area contributed by atoms with Gasteiger partial charge in [0.25, 0.3) is 0 Å². The maximum absolute atomic E-state index is 10.8. The van der Waals surface area contributed by atoms with E-state index in [0.717, 1.165) is 0 Å². The molecule has 19 heavy (non-hydrogen) atoms. The molecule has 1 aromatic rings. The number of rotatable bonds is 4. The average Bonchev–Trinajstić information content (AvgIpc) is 2.82. The zero-order valence-electron chi connectivity index (χ0n) is 11.5. The third kappa shape index (κ3) is 4.10. The summed E-state index contributed by atoms with van der Waals surface area (Å²) in [6, 6.07) is 3.86. The lowest BCUT2D eigenvalue weighted by molar-refractivity contribution is 0.0659. The molecule has 0 spiro atoms. The van der Waals surface area contributed by atoms with Crippen LogP contribution in [0.1, 0.15) is 74.2 Å². The van der Waals surface area contributed by atoms with Crippen molar-refractivity contribution in [2.45, 2.75) is 64.0 Å². The molecule has 0 aromatic carbocycles. The fourth-order valence-corrected chi connectivity index (χ4v) is 2.76. The molecule has 1 heterocycles. The summed E-state index contributed by atoms with van der Waals surface area (Å²) in [5, 5.41) is 12.4. The van der Waals surface area contributed by atoms with Crippen LogP contribution in [-0.4, -0.2) is 17.1 Å². The maximum Gasteiger partial charge on any atom is 0.371 e. The summed E-state index contributed by atoms with van der Waals surface area (Å²) in [5.74, 6) is -0.287. The van der Waals surface area contributed by atoms with E-state index in [9.17, 15) is 4.79 Å². The molecule has 1 saturated carbocycles. The first-order valence-electron chi connectivity index (χ1n) is 7.26. The van der Waals surface area contributed by atoms with E-state index in [2.05, 4.69) is 5.32 Å². The van der Waals surface area contributed by atoms with E-state index < -0.39 is 5.97 Å². The average molecular weight is 265 g/mol. The molecule has 1 atom stereocenters. The van der Waals surface area contributed by atoms with Crippen LogP contribution in [0.5, 0.6) is 0 Å². The third-order valence-corrected chi connectivity index (χ3v) is 3.86. The zero-order chi connectivity index (χ0) is 13.7. The predicted octanol–water partition coefficient (Wildman–Crippen LogP) is 3.74. The molecule has 0 saturated heterocycles. The molecule has 2 N–H and O–H groups in total. The third-order valence-electron chi connectivity index (χ3n) is 3.86. The maximum atomic E-state index is 10.8. The van der Waals surface area contributed by atoms with Crippen molar-refractivity contribution in [3.63, 3.8) is 0 Å². The van der Waals surface area contributed by atoms with E-state index in [1.165, 1.54) is 51.0 Å². The molecule has 1 aliphatic rings. The molecular formula is C15H23NO3. The van der Waals surface area contributed by atoms with Crippen LogP contribution >= 0.6 is 0 Å². The first-order valence-corrected chi connectivity index (χ1v) is 7.26. The van der Waals surface area contributed by atoms with Crippen LogP contribution in [0.15, 0.2) is 16.5 Å². The van der Waals surface area contributed by atoms with Crippen LogP contribution in [0.3, 0.4) is 0 Å². The van der Waals surface area contributed by atoms with Crippen LogP contribution in [0.25, 0.3) is 0 Å². The molecular weight excluding hydrogens is 242 g/mol. The number of carbonyl (C=O) groups is 1. The Morgan fingerprint density at radius 2 is 1.89 bits per heavy atom. The molecule has 0 bridgehead atoms. The van der Waals surface area contributed by atoms with Crippen molar-refractivity contribution in [3.8, 4) is 0 Å². The van der Waals surface area contributed by atoms with Crippen LogP contribution < -0.4 is 5.32 Å². The molecule has 1 aromatic heterocycles. The number of hydrogen-bond donors (Lipinski definition) is 2. The summed E-state index contributed by atoms with van der Waals surface area (Å²) >= 11 is 0. The van der Waals surface area contributed by atoms with Gasteiger partial charge in [-0.1, -0.05) is 32.1 Å². The smallest absolute Gasteiger partial charge is 0.371 e.